The molecule has 1 unspecified atom stereocenters. The van der Waals surface area contributed by atoms with Crippen molar-refractivity contribution in [1.29, 1.82) is 0 Å². The van der Waals surface area contributed by atoms with Crippen LogP contribution in [0.1, 0.15) is 40.3 Å². The molecule has 26 heavy (non-hydrogen) atoms. The summed E-state index contributed by atoms with van der Waals surface area (Å²) in [6.45, 7) is 7.63. The van der Waals surface area contributed by atoms with Crippen LogP contribution < -0.4 is 0 Å². The van der Waals surface area contributed by atoms with Crippen molar-refractivity contribution in [1.82, 2.24) is 14.7 Å². The molecule has 138 valence electrons. The Morgan fingerprint density at radius 3 is 2.69 bits per heavy atom. The summed E-state index contributed by atoms with van der Waals surface area (Å²) < 4.78 is 12.2. The number of esters is 1. The van der Waals surface area contributed by atoms with Crippen molar-refractivity contribution in [3.8, 4) is 5.69 Å². The molecule has 1 fully saturated rings. The van der Waals surface area contributed by atoms with Crippen molar-refractivity contribution in [2.24, 2.45) is 0 Å². The topological polar surface area (TPSA) is 73.7 Å². The molecule has 0 spiro atoms. The van der Waals surface area contributed by atoms with Gasteiger partial charge in [-0.25, -0.2) is 9.48 Å². The van der Waals surface area contributed by atoms with Crippen LogP contribution in [0.25, 0.3) is 5.69 Å². The lowest BCUT2D eigenvalue weighted by Gasteiger charge is -2.31. The maximum Gasteiger partial charge on any atom is 0.341 e. The van der Waals surface area contributed by atoms with Gasteiger partial charge in [-0.2, -0.15) is 5.10 Å². The van der Waals surface area contributed by atoms with Crippen LogP contribution in [0.5, 0.6) is 0 Å². The zero-order valence-corrected chi connectivity index (χ0v) is 15.3. The van der Waals surface area contributed by atoms with E-state index in [0.29, 0.717) is 43.1 Å². The van der Waals surface area contributed by atoms with Crippen LogP contribution in [0.4, 0.5) is 0 Å². The normalized spacial score (nSPS) is 17.2. The maximum absolute atomic E-state index is 12.6. The zero-order chi connectivity index (χ0) is 18.7. The second-order valence-electron chi connectivity index (χ2n) is 6.26. The quantitative estimate of drug-likeness (QED) is 0.785. The monoisotopic (exact) mass is 357 g/mol. The summed E-state index contributed by atoms with van der Waals surface area (Å²) in [5, 5.41) is 4.27. The molecule has 1 aromatic heterocycles. The first-order chi connectivity index (χ1) is 12.5. The van der Waals surface area contributed by atoms with E-state index < -0.39 is 0 Å². The number of nitrogens with zero attached hydrogens (tertiary/aromatic N) is 3. The van der Waals surface area contributed by atoms with E-state index in [-0.39, 0.29) is 18.0 Å². The van der Waals surface area contributed by atoms with Crippen LogP contribution in [0.2, 0.25) is 0 Å². The molecule has 0 aliphatic carbocycles. The minimum absolute atomic E-state index is 0.00361. The van der Waals surface area contributed by atoms with Gasteiger partial charge in [-0.05, 0) is 45.0 Å². The molecular formula is C19H23N3O4. The number of hydrogen-bond acceptors (Lipinski definition) is 5. The minimum atomic E-state index is -0.385. The van der Waals surface area contributed by atoms with Gasteiger partial charge < -0.3 is 14.4 Å². The maximum atomic E-state index is 12.6. The highest BCUT2D eigenvalue weighted by molar-refractivity contribution is 5.94. The highest BCUT2D eigenvalue weighted by Crippen LogP contribution is 2.17. The zero-order valence-electron chi connectivity index (χ0n) is 15.3. The Kier molecular flexibility index (Phi) is 5.37. The fourth-order valence-electron chi connectivity index (χ4n) is 3.01. The predicted molar refractivity (Wildman–Crippen MR) is 95.6 cm³/mol. The third kappa shape index (κ3) is 3.62. The molecule has 1 aliphatic rings. The summed E-state index contributed by atoms with van der Waals surface area (Å²) in [5.41, 5.74) is 2.54. The van der Waals surface area contributed by atoms with E-state index >= 15 is 0 Å². The first kappa shape index (κ1) is 18.1. The number of benzene rings is 1. The first-order valence-electron chi connectivity index (χ1n) is 8.74. The fourth-order valence-corrected chi connectivity index (χ4v) is 3.01. The van der Waals surface area contributed by atoms with Gasteiger partial charge in [0.15, 0.2) is 0 Å². The number of carbonyl (C=O) groups excluding carboxylic acids is 2. The molecule has 0 bridgehead atoms. The van der Waals surface area contributed by atoms with Crippen LogP contribution in [-0.2, 0) is 9.47 Å². The molecule has 2 heterocycles. The highest BCUT2D eigenvalue weighted by Gasteiger charge is 2.22. The van der Waals surface area contributed by atoms with Gasteiger partial charge >= 0.3 is 5.97 Å². The van der Waals surface area contributed by atoms with Crippen molar-refractivity contribution in [3.63, 3.8) is 0 Å². The Labute approximate surface area is 152 Å². The van der Waals surface area contributed by atoms with E-state index in [4.69, 9.17) is 9.47 Å². The Hall–Kier alpha value is -2.67. The largest absolute Gasteiger partial charge is 0.462 e. The molecule has 1 amide bonds. The molecule has 1 saturated heterocycles. The van der Waals surface area contributed by atoms with Gasteiger partial charge in [0.1, 0.15) is 5.56 Å². The molecule has 7 heteroatoms. The van der Waals surface area contributed by atoms with E-state index in [9.17, 15) is 9.59 Å². The Bertz CT molecular complexity index is 798. The van der Waals surface area contributed by atoms with Crippen molar-refractivity contribution in [2.75, 3.05) is 26.3 Å². The third-order valence-electron chi connectivity index (χ3n) is 4.39. The molecule has 1 atom stereocenters. The number of morpholine rings is 1. The molecule has 7 nitrogen and oxygen atoms in total. The van der Waals surface area contributed by atoms with Crippen LogP contribution in [-0.4, -0.2) is 59.0 Å². The Morgan fingerprint density at radius 2 is 2.04 bits per heavy atom. The van der Waals surface area contributed by atoms with Crippen molar-refractivity contribution in [3.05, 3.63) is 47.3 Å². The number of hydrogen-bond donors (Lipinski definition) is 0. The Morgan fingerprint density at radius 1 is 1.31 bits per heavy atom. The number of carbonyl (C=O) groups is 2. The number of ether oxygens (including phenoxy) is 2. The third-order valence-corrected chi connectivity index (χ3v) is 4.39. The van der Waals surface area contributed by atoms with E-state index in [0.717, 1.165) is 5.69 Å². The average molecular weight is 357 g/mol. The average Bonchev–Trinajstić information content (AvgIpc) is 3.03. The van der Waals surface area contributed by atoms with Gasteiger partial charge in [-0.1, -0.05) is 0 Å². The summed E-state index contributed by atoms with van der Waals surface area (Å²) in [4.78, 5) is 26.3. The number of rotatable bonds is 4. The summed E-state index contributed by atoms with van der Waals surface area (Å²) in [6.07, 6.45) is 1.56. The molecular weight excluding hydrogens is 334 g/mol. The molecule has 1 aromatic carbocycles. The van der Waals surface area contributed by atoms with Crippen LogP contribution >= 0.6 is 0 Å². The summed E-state index contributed by atoms with van der Waals surface area (Å²) >= 11 is 0. The standard InChI is InChI=1S/C19H23N3O4/c1-4-25-19(24)17-11-20-22(14(17)3)16-7-5-15(6-8-16)18(23)21-9-10-26-13(2)12-21/h5-8,11,13H,4,9-10,12H2,1-3H3. The van der Waals surface area contributed by atoms with E-state index in [1.165, 1.54) is 6.20 Å². The summed E-state index contributed by atoms with van der Waals surface area (Å²) in [5.74, 6) is -0.388. The number of aromatic nitrogens is 2. The molecule has 3 rings (SSSR count). The lowest BCUT2D eigenvalue weighted by molar-refractivity contribution is -0.0124. The number of amides is 1. The smallest absolute Gasteiger partial charge is 0.341 e. The molecule has 0 saturated carbocycles. The van der Waals surface area contributed by atoms with Crippen LogP contribution in [0, 0.1) is 6.92 Å². The lowest BCUT2D eigenvalue weighted by Crippen LogP contribution is -2.44. The molecule has 2 aromatic rings. The van der Waals surface area contributed by atoms with Gasteiger partial charge in [0.2, 0.25) is 0 Å². The van der Waals surface area contributed by atoms with E-state index in [1.54, 1.807) is 28.6 Å². The fraction of sp³-hybridized carbons (Fsp3) is 0.421. The van der Waals surface area contributed by atoms with Crippen LogP contribution in [0.15, 0.2) is 30.5 Å². The lowest BCUT2D eigenvalue weighted by atomic mass is 10.1. The molecule has 0 radical (unpaired) electrons. The van der Waals surface area contributed by atoms with Crippen molar-refractivity contribution >= 4 is 11.9 Å². The van der Waals surface area contributed by atoms with Crippen LogP contribution in [0.3, 0.4) is 0 Å². The van der Waals surface area contributed by atoms with E-state index in [2.05, 4.69) is 5.10 Å². The predicted octanol–water partition coefficient (Wildman–Crippen LogP) is 2.22. The minimum Gasteiger partial charge on any atom is -0.462 e. The van der Waals surface area contributed by atoms with Gasteiger partial charge in [-0.15, -0.1) is 0 Å². The SMILES string of the molecule is CCOC(=O)c1cnn(-c2ccc(C(=O)N3CCOC(C)C3)cc2)c1C. The van der Waals surface area contributed by atoms with Gasteiger partial charge in [0.25, 0.3) is 5.91 Å². The summed E-state index contributed by atoms with van der Waals surface area (Å²) in [7, 11) is 0. The van der Waals surface area contributed by atoms with Gasteiger partial charge in [-0.3, -0.25) is 4.79 Å². The molecule has 1 aliphatic heterocycles. The Balaban J connectivity index is 1.78. The van der Waals surface area contributed by atoms with Gasteiger partial charge in [0.05, 0.1) is 36.9 Å². The van der Waals surface area contributed by atoms with E-state index in [1.807, 2.05) is 26.0 Å². The van der Waals surface area contributed by atoms with Gasteiger partial charge in [0, 0.05) is 18.7 Å². The summed E-state index contributed by atoms with van der Waals surface area (Å²) in [6, 6.07) is 7.21. The van der Waals surface area contributed by atoms with Crippen molar-refractivity contribution < 1.29 is 19.1 Å². The highest BCUT2D eigenvalue weighted by atomic mass is 16.5. The van der Waals surface area contributed by atoms with Crippen molar-refractivity contribution in [2.45, 2.75) is 26.9 Å². The molecule has 0 N–H and O–H groups in total. The second-order valence-corrected chi connectivity index (χ2v) is 6.26. The first-order valence-corrected chi connectivity index (χ1v) is 8.74. The second kappa shape index (κ2) is 7.70.